The Morgan fingerprint density at radius 3 is 2.62 bits per heavy atom. The number of carbonyl (C=O) groups excluding carboxylic acids is 1. The van der Waals surface area contributed by atoms with Gasteiger partial charge in [-0.05, 0) is 74.1 Å². The van der Waals surface area contributed by atoms with E-state index in [4.69, 9.17) is 10.2 Å². The standard InChI is InChI=1S/C33H34FN5O3/c1-3-20(2)25-7-5-4-6-22(25)12-13-35-33(42)29-16-30(23-8-9-23)39-31(36-29)17-28(37-39)26-11-10-24(15-27(26)34)38-18-21(19-38)14-32(40)41/h3-7,10-11,15-17,21,23H,8-9,12-14,18-19H2,1-2H3,(H,35,42)(H,40,41)/b20-3-. The van der Waals surface area contributed by atoms with Gasteiger partial charge in [0.25, 0.3) is 5.91 Å². The maximum absolute atomic E-state index is 15.3. The van der Waals surface area contributed by atoms with Gasteiger partial charge in [0, 0.05) is 54.5 Å². The summed E-state index contributed by atoms with van der Waals surface area (Å²) in [6, 6.07) is 16.8. The Morgan fingerprint density at radius 1 is 1.12 bits per heavy atom. The average Bonchev–Trinajstić information content (AvgIpc) is 3.72. The summed E-state index contributed by atoms with van der Waals surface area (Å²) in [5.41, 5.74) is 6.85. The molecule has 2 N–H and O–H groups in total. The van der Waals surface area contributed by atoms with Crippen LogP contribution < -0.4 is 10.2 Å². The van der Waals surface area contributed by atoms with Crippen molar-refractivity contribution in [2.45, 2.75) is 45.4 Å². The average molecular weight is 568 g/mol. The van der Waals surface area contributed by atoms with Crippen LogP contribution in [-0.4, -0.2) is 51.2 Å². The molecule has 1 amide bonds. The smallest absolute Gasteiger partial charge is 0.303 e. The molecular weight excluding hydrogens is 533 g/mol. The minimum absolute atomic E-state index is 0.0835. The zero-order chi connectivity index (χ0) is 29.4. The van der Waals surface area contributed by atoms with Gasteiger partial charge >= 0.3 is 5.97 Å². The van der Waals surface area contributed by atoms with Gasteiger partial charge in [-0.25, -0.2) is 13.9 Å². The number of halogens is 1. The number of carboxylic acid groups (broad SMARTS) is 1. The van der Waals surface area contributed by atoms with Crippen molar-refractivity contribution in [2.24, 2.45) is 5.92 Å². The third-order valence-corrected chi connectivity index (χ3v) is 8.25. The second kappa shape index (κ2) is 11.4. The molecule has 8 nitrogen and oxygen atoms in total. The highest BCUT2D eigenvalue weighted by Gasteiger charge is 2.30. The second-order valence-electron chi connectivity index (χ2n) is 11.3. The zero-order valence-electron chi connectivity index (χ0n) is 23.8. The normalized spacial score (nSPS) is 15.6. The second-order valence-corrected chi connectivity index (χ2v) is 11.3. The molecule has 0 bridgehead atoms. The van der Waals surface area contributed by atoms with Crippen molar-refractivity contribution in [2.75, 3.05) is 24.5 Å². The molecule has 0 unspecified atom stereocenters. The van der Waals surface area contributed by atoms with Crippen LogP contribution in [0.3, 0.4) is 0 Å². The molecule has 2 aromatic heterocycles. The molecule has 1 aliphatic carbocycles. The zero-order valence-corrected chi connectivity index (χ0v) is 23.8. The number of anilines is 1. The number of rotatable bonds is 10. The molecule has 216 valence electrons. The summed E-state index contributed by atoms with van der Waals surface area (Å²) in [4.78, 5) is 30.7. The fourth-order valence-electron chi connectivity index (χ4n) is 5.66. The third kappa shape index (κ3) is 5.64. The first-order valence-corrected chi connectivity index (χ1v) is 14.5. The van der Waals surface area contributed by atoms with E-state index in [1.807, 2.05) is 36.1 Å². The van der Waals surface area contributed by atoms with E-state index in [1.165, 1.54) is 22.8 Å². The first kappa shape index (κ1) is 27.6. The Kier molecular flexibility index (Phi) is 7.49. The lowest BCUT2D eigenvalue weighted by Crippen LogP contribution is -2.47. The lowest BCUT2D eigenvalue weighted by atomic mass is 9.95. The summed E-state index contributed by atoms with van der Waals surface area (Å²) < 4.78 is 17.0. The number of nitrogens with zero attached hydrogens (tertiary/aromatic N) is 4. The summed E-state index contributed by atoms with van der Waals surface area (Å²) in [5, 5.41) is 16.7. The molecule has 1 saturated heterocycles. The van der Waals surface area contributed by atoms with Crippen LogP contribution in [0.15, 0.2) is 60.7 Å². The molecule has 3 heterocycles. The summed E-state index contributed by atoms with van der Waals surface area (Å²) >= 11 is 0. The fraction of sp³-hybridized carbons (Fsp3) is 0.333. The van der Waals surface area contributed by atoms with Crippen LogP contribution in [0, 0.1) is 11.7 Å². The number of carboxylic acids is 1. The molecule has 4 aromatic rings. The molecule has 1 saturated carbocycles. The van der Waals surface area contributed by atoms with Crippen LogP contribution >= 0.6 is 0 Å². The molecule has 42 heavy (non-hydrogen) atoms. The number of aliphatic carboxylic acids is 1. The van der Waals surface area contributed by atoms with Crippen molar-refractivity contribution in [1.82, 2.24) is 19.9 Å². The first-order chi connectivity index (χ1) is 20.3. The Labute approximate surface area is 243 Å². The van der Waals surface area contributed by atoms with Gasteiger partial charge in [-0.3, -0.25) is 9.59 Å². The quantitative estimate of drug-likeness (QED) is 0.254. The fourth-order valence-corrected chi connectivity index (χ4v) is 5.66. The predicted molar refractivity (Wildman–Crippen MR) is 160 cm³/mol. The number of amides is 1. The van der Waals surface area contributed by atoms with E-state index in [9.17, 15) is 9.59 Å². The molecule has 9 heteroatoms. The van der Waals surface area contributed by atoms with Crippen LogP contribution in [0.2, 0.25) is 0 Å². The number of fused-ring (bicyclic) bond motifs is 1. The van der Waals surface area contributed by atoms with Gasteiger partial charge in [0.05, 0.1) is 12.1 Å². The molecular formula is C33H34FN5O3. The lowest BCUT2D eigenvalue weighted by Gasteiger charge is -2.40. The van der Waals surface area contributed by atoms with Crippen molar-refractivity contribution >= 4 is 28.8 Å². The summed E-state index contributed by atoms with van der Waals surface area (Å²) in [5.74, 6) is -1.08. The van der Waals surface area contributed by atoms with E-state index in [1.54, 1.807) is 16.6 Å². The van der Waals surface area contributed by atoms with Gasteiger partial charge in [0.15, 0.2) is 5.65 Å². The molecule has 2 aromatic carbocycles. The Morgan fingerprint density at radius 2 is 1.90 bits per heavy atom. The van der Waals surface area contributed by atoms with E-state index in [-0.39, 0.29) is 18.2 Å². The summed E-state index contributed by atoms with van der Waals surface area (Å²) in [6.45, 7) is 5.78. The van der Waals surface area contributed by atoms with Gasteiger partial charge in [0.1, 0.15) is 11.5 Å². The minimum atomic E-state index is -0.811. The van der Waals surface area contributed by atoms with E-state index < -0.39 is 11.8 Å². The van der Waals surface area contributed by atoms with Crippen LogP contribution in [0.4, 0.5) is 10.1 Å². The molecule has 2 fully saturated rings. The van der Waals surface area contributed by atoms with Crippen LogP contribution in [0.5, 0.6) is 0 Å². The van der Waals surface area contributed by atoms with E-state index in [2.05, 4.69) is 35.4 Å². The van der Waals surface area contributed by atoms with Crippen molar-refractivity contribution in [1.29, 1.82) is 0 Å². The Balaban J connectivity index is 1.19. The highest BCUT2D eigenvalue weighted by atomic mass is 19.1. The number of allylic oxidation sites excluding steroid dienone is 2. The van der Waals surface area contributed by atoms with Gasteiger partial charge in [0.2, 0.25) is 0 Å². The topological polar surface area (TPSA) is 99.8 Å². The largest absolute Gasteiger partial charge is 0.481 e. The molecule has 2 aliphatic rings. The maximum Gasteiger partial charge on any atom is 0.303 e. The maximum atomic E-state index is 15.3. The number of carbonyl (C=O) groups is 2. The van der Waals surface area contributed by atoms with Crippen LogP contribution in [0.1, 0.15) is 66.3 Å². The Bertz CT molecular complexity index is 1700. The van der Waals surface area contributed by atoms with E-state index >= 15 is 4.39 Å². The van der Waals surface area contributed by atoms with Gasteiger partial charge in [-0.1, -0.05) is 30.3 Å². The number of hydrogen-bond donors (Lipinski definition) is 2. The Hall–Kier alpha value is -4.53. The van der Waals surface area contributed by atoms with Crippen LogP contribution in [0.25, 0.3) is 22.5 Å². The van der Waals surface area contributed by atoms with E-state index in [0.29, 0.717) is 54.6 Å². The molecule has 0 radical (unpaired) electrons. The number of hydrogen-bond acceptors (Lipinski definition) is 5. The highest BCUT2D eigenvalue weighted by Crippen LogP contribution is 2.40. The number of aromatic nitrogens is 3. The van der Waals surface area contributed by atoms with Crippen molar-refractivity contribution in [3.05, 3.63) is 89.0 Å². The van der Waals surface area contributed by atoms with Crippen molar-refractivity contribution in [3.63, 3.8) is 0 Å². The van der Waals surface area contributed by atoms with Gasteiger partial charge in [-0.15, -0.1) is 0 Å². The van der Waals surface area contributed by atoms with E-state index in [0.717, 1.165) is 24.2 Å². The summed E-state index contributed by atoms with van der Waals surface area (Å²) in [6.07, 6.45) is 4.94. The molecule has 6 rings (SSSR count). The van der Waals surface area contributed by atoms with Gasteiger partial charge < -0.3 is 15.3 Å². The minimum Gasteiger partial charge on any atom is -0.481 e. The lowest BCUT2D eigenvalue weighted by molar-refractivity contribution is -0.138. The number of benzene rings is 2. The molecule has 0 spiro atoms. The predicted octanol–water partition coefficient (Wildman–Crippen LogP) is 5.72. The van der Waals surface area contributed by atoms with Crippen LogP contribution in [-0.2, 0) is 11.2 Å². The first-order valence-electron chi connectivity index (χ1n) is 14.5. The third-order valence-electron chi connectivity index (χ3n) is 8.25. The molecule has 0 atom stereocenters. The molecule has 1 aliphatic heterocycles. The number of nitrogens with one attached hydrogen (secondary N) is 1. The summed E-state index contributed by atoms with van der Waals surface area (Å²) in [7, 11) is 0. The highest BCUT2D eigenvalue weighted by molar-refractivity contribution is 5.93. The van der Waals surface area contributed by atoms with Crippen molar-refractivity contribution < 1.29 is 19.1 Å². The monoisotopic (exact) mass is 567 g/mol. The van der Waals surface area contributed by atoms with Crippen molar-refractivity contribution in [3.8, 4) is 11.3 Å². The SMILES string of the molecule is C/C=C(/C)c1ccccc1CCNC(=O)c1cc(C2CC2)n2nc(-c3ccc(N4CC(CC(=O)O)C4)cc3F)cc2n1. The van der Waals surface area contributed by atoms with Gasteiger partial charge in [-0.2, -0.15) is 5.10 Å².